The van der Waals surface area contributed by atoms with Crippen LogP contribution in [0.4, 0.5) is 4.79 Å². The van der Waals surface area contributed by atoms with Gasteiger partial charge in [-0.2, -0.15) is 0 Å². The molecular formula is C9H16BrNO4. The summed E-state index contributed by atoms with van der Waals surface area (Å²) in [6.45, 7) is 4.00. The summed E-state index contributed by atoms with van der Waals surface area (Å²) in [5.41, 5.74) is 0. The van der Waals surface area contributed by atoms with Crippen LogP contribution >= 0.6 is 15.9 Å². The molecular weight excluding hydrogens is 266 g/mol. The third kappa shape index (κ3) is 7.18. The SMILES string of the molecule is CC(C)C[C@H](NC(=O)OCCBr)C(=O)O. The predicted molar refractivity (Wildman–Crippen MR) is 59.2 cm³/mol. The van der Waals surface area contributed by atoms with Gasteiger partial charge in [-0.15, -0.1) is 0 Å². The minimum Gasteiger partial charge on any atom is -0.480 e. The largest absolute Gasteiger partial charge is 0.480 e. The van der Waals surface area contributed by atoms with Crippen molar-refractivity contribution >= 4 is 28.0 Å². The molecule has 0 aliphatic heterocycles. The van der Waals surface area contributed by atoms with Gasteiger partial charge in [-0.05, 0) is 12.3 Å². The van der Waals surface area contributed by atoms with Crippen LogP contribution in [0.3, 0.4) is 0 Å². The average Bonchev–Trinajstić information content (AvgIpc) is 2.12. The first kappa shape index (κ1) is 14.2. The molecule has 5 nitrogen and oxygen atoms in total. The lowest BCUT2D eigenvalue weighted by atomic mass is 10.0. The first-order valence-electron chi connectivity index (χ1n) is 4.69. The topological polar surface area (TPSA) is 75.6 Å². The summed E-state index contributed by atoms with van der Waals surface area (Å²) < 4.78 is 4.69. The Balaban J connectivity index is 4.05. The second kappa shape index (κ2) is 7.50. The van der Waals surface area contributed by atoms with Crippen molar-refractivity contribution in [3.05, 3.63) is 0 Å². The molecule has 0 rings (SSSR count). The fourth-order valence-electron chi connectivity index (χ4n) is 1.01. The fourth-order valence-corrected chi connectivity index (χ4v) is 1.17. The van der Waals surface area contributed by atoms with Crippen molar-refractivity contribution in [1.29, 1.82) is 0 Å². The lowest BCUT2D eigenvalue weighted by molar-refractivity contribution is -0.139. The smallest absolute Gasteiger partial charge is 0.407 e. The van der Waals surface area contributed by atoms with E-state index in [0.717, 1.165) is 0 Å². The summed E-state index contributed by atoms with van der Waals surface area (Å²) in [7, 11) is 0. The highest BCUT2D eigenvalue weighted by molar-refractivity contribution is 9.09. The van der Waals surface area contributed by atoms with Crippen molar-refractivity contribution in [2.75, 3.05) is 11.9 Å². The Morgan fingerprint density at radius 1 is 1.47 bits per heavy atom. The Kier molecular flexibility index (Phi) is 7.11. The summed E-state index contributed by atoms with van der Waals surface area (Å²) in [6, 6.07) is -0.882. The lowest BCUT2D eigenvalue weighted by Crippen LogP contribution is -2.42. The van der Waals surface area contributed by atoms with Crippen molar-refractivity contribution in [3.8, 4) is 0 Å². The molecule has 1 atom stereocenters. The maximum atomic E-state index is 11.1. The van der Waals surface area contributed by atoms with Gasteiger partial charge >= 0.3 is 12.1 Å². The standard InChI is InChI=1S/C9H16BrNO4/c1-6(2)5-7(8(12)13)11-9(14)15-4-3-10/h6-7H,3-5H2,1-2H3,(H,11,14)(H,12,13)/t7-/m0/s1. The number of amides is 1. The number of halogens is 1. The van der Waals surface area contributed by atoms with Crippen molar-refractivity contribution in [2.45, 2.75) is 26.3 Å². The first-order valence-corrected chi connectivity index (χ1v) is 5.81. The van der Waals surface area contributed by atoms with E-state index in [1.54, 1.807) is 0 Å². The van der Waals surface area contributed by atoms with E-state index in [2.05, 4.69) is 21.2 Å². The Hall–Kier alpha value is -0.780. The molecule has 0 radical (unpaired) electrons. The number of hydrogen-bond acceptors (Lipinski definition) is 3. The zero-order chi connectivity index (χ0) is 11.8. The quantitative estimate of drug-likeness (QED) is 0.726. The van der Waals surface area contributed by atoms with Gasteiger partial charge in [-0.1, -0.05) is 29.8 Å². The number of aliphatic carboxylic acids is 1. The maximum absolute atomic E-state index is 11.1. The van der Waals surface area contributed by atoms with Crippen molar-refractivity contribution in [3.63, 3.8) is 0 Å². The molecule has 2 N–H and O–H groups in total. The predicted octanol–water partition coefficient (Wildman–Crippen LogP) is 1.61. The van der Waals surface area contributed by atoms with Crippen LogP contribution in [0.15, 0.2) is 0 Å². The minimum atomic E-state index is -1.04. The van der Waals surface area contributed by atoms with Crippen LogP contribution in [0.1, 0.15) is 20.3 Å². The molecule has 0 fully saturated rings. The molecule has 6 heteroatoms. The fraction of sp³-hybridized carbons (Fsp3) is 0.778. The second-order valence-corrected chi connectivity index (χ2v) is 4.28. The van der Waals surface area contributed by atoms with E-state index in [1.165, 1.54) is 0 Å². The van der Waals surface area contributed by atoms with Gasteiger partial charge in [0.2, 0.25) is 0 Å². The van der Waals surface area contributed by atoms with E-state index in [4.69, 9.17) is 9.84 Å². The Bertz CT molecular complexity index is 220. The summed E-state index contributed by atoms with van der Waals surface area (Å²) in [4.78, 5) is 21.8. The first-order chi connectivity index (χ1) is 6.97. The normalized spacial score (nSPS) is 12.3. The van der Waals surface area contributed by atoms with E-state index >= 15 is 0 Å². The summed E-state index contributed by atoms with van der Waals surface area (Å²) in [6.07, 6.45) is -0.304. The van der Waals surface area contributed by atoms with E-state index in [-0.39, 0.29) is 12.5 Å². The Morgan fingerprint density at radius 2 is 2.07 bits per heavy atom. The molecule has 0 aliphatic carbocycles. The van der Waals surface area contributed by atoms with Gasteiger partial charge in [0.05, 0.1) is 0 Å². The molecule has 0 saturated carbocycles. The molecule has 0 saturated heterocycles. The number of hydrogen-bond donors (Lipinski definition) is 2. The number of alkyl halides is 1. The number of rotatable bonds is 6. The number of ether oxygens (including phenoxy) is 1. The molecule has 1 amide bonds. The highest BCUT2D eigenvalue weighted by Gasteiger charge is 2.21. The number of nitrogens with one attached hydrogen (secondary N) is 1. The van der Waals surface area contributed by atoms with Crippen LogP contribution in [0.25, 0.3) is 0 Å². The van der Waals surface area contributed by atoms with Crippen LogP contribution in [0, 0.1) is 5.92 Å². The minimum absolute atomic E-state index is 0.197. The van der Waals surface area contributed by atoms with Gasteiger partial charge in [0.1, 0.15) is 12.6 Å². The van der Waals surface area contributed by atoms with Gasteiger partial charge in [-0.3, -0.25) is 0 Å². The highest BCUT2D eigenvalue weighted by Crippen LogP contribution is 2.05. The van der Waals surface area contributed by atoms with Crippen LogP contribution in [0.2, 0.25) is 0 Å². The summed E-state index contributed by atoms with van der Waals surface area (Å²) >= 11 is 3.09. The maximum Gasteiger partial charge on any atom is 0.407 e. The molecule has 88 valence electrons. The average molecular weight is 282 g/mol. The zero-order valence-electron chi connectivity index (χ0n) is 8.83. The van der Waals surface area contributed by atoms with Gasteiger partial charge in [0.25, 0.3) is 0 Å². The van der Waals surface area contributed by atoms with E-state index in [1.807, 2.05) is 13.8 Å². The molecule has 0 heterocycles. The Morgan fingerprint density at radius 3 is 2.47 bits per heavy atom. The highest BCUT2D eigenvalue weighted by atomic mass is 79.9. The van der Waals surface area contributed by atoms with Gasteiger partial charge in [0, 0.05) is 5.33 Å². The van der Waals surface area contributed by atoms with Crippen molar-refractivity contribution in [2.24, 2.45) is 5.92 Å². The molecule has 0 aliphatic rings. The summed E-state index contributed by atoms with van der Waals surface area (Å²) in [5.74, 6) is -0.845. The summed E-state index contributed by atoms with van der Waals surface area (Å²) in [5, 5.41) is 11.6. The van der Waals surface area contributed by atoms with Crippen LogP contribution < -0.4 is 5.32 Å². The Labute approximate surface area is 97.3 Å². The molecule has 0 aromatic rings. The van der Waals surface area contributed by atoms with Gasteiger partial charge < -0.3 is 15.2 Å². The lowest BCUT2D eigenvalue weighted by Gasteiger charge is -2.15. The number of alkyl carbamates (subject to hydrolysis) is 1. The van der Waals surface area contributed by atoms with Gasteiger partial charge in [-0.25, -0.2) is 9.59 Å². The molecule has 0 spiro atoms. The monoisotopic (exact) mass is 281 g/mol. The molecule has 0 aromatic carbocycles. The van der Waals surface area contributed by atoms with Crippen LogP contribution in [-0.2, 0) is 9.53 Å². The van der Waals surface area contributed by atoms with Gasteiger partial charge in [0.15, 0.2) is 0 Å². The molecule has 15 heavy (non-hydrogen) atoms. The number of carbonyl (C=O) groups excluding carboxylic acids is 1. The van der Waals surface area contributed by atoms with E-state index in [0.29, 0.717) is 11.8 Å². The van der Waals surface area contributed by atoms with Crippen LogP contribution in [-0.4, -0.2) is 35.1 Å². The third-order valence-corrected chi connectivity index (χ3v) is 1.93. The molecule has 0 aromatic heterocycles. The zero-order valence-corrected chi connectivity index (χ0v) is 10.4. The van der Waals surface area contributed by atoms with E-state index in [9.17, 15) is 9.59 Å². The number of carboxylic acids is 1. The number of carboxylic acid groups (broad SMARTS) is 1. The van der Waals surface area contributed by atoms with Crippen LogP contribution in [0.5, 0.6) is 0 Å². The third-order valence-electron chi connectivity index (χ3n) is 1.61. The number of carbonyl (C=O) groups is 2. The van der Waals surface area contributed by atoms with Crippen molar-refractivity contribution in [1.82, 2.24) is 5.32 Å². The second-order valence-electron chi connectivity index (χ2n) is 3.49. The van der Waals surface area contributed by atoms with Crippen molar-refractivity contribution < 1.29 is 19.4 Å². The molecule has 0 bridgehead atoms. The molecule has 0 unspecified atom stereocenters. The van der Waals surface area contributed by atoms with E-state index < -0.39 is 18.1 Å².